The Kier molecular flexibility index (Phi) is 3.48. The third-order valence-electron chi connectivity index (χ3n) is 2.95. The Morgan fingerprint density at radius 2 is 1.89 bits per heavy atom. The largest absolute Gasteiger partial charge is 0.331 e. The van der Waals surface area contributed by atoms with Crippen LogP contribution in [-0.4, -0.2) is 18.0 Å². The number of benzene rings is 2. The maximum Gasteiger partial charge on any atom is 0.331 e. The minimum Gasteiger partial charge on any atom is -0.322 e. The smallest absolute Gasteiger partial charge is 0.322 e. The maximum atomic E-state index is 11.3. The Labute approximate surface area is 106 Å². The molecule has 94 valence electrons. The van der Waals surface area contributed by atoms with E-state index in [1.54, 1.807) is 7.05 Å². The SMILES string of the molecule is Cc1ccc2cc(CN(C)C(=O)NN)ccc2c1. The van der Waals surface area contributed by atoms with Gasteiger partial charge >= 0.3 is 6.03 Å². The molecule has 2 rings (SSSR count). The predicted molar refractivity (Wildman–Crippen MR) is 72.9 cm³/mol. The minimum atomic E-state index is -0.293. The van der Waals surface area contributed by atoms with E-state index in [2.05, 4.69) is 42.7 Å². The van der Waals surface area contributed by atoms with Crippen LogP contribution in [0.25, 0.3) is 10.8 Å². The van der Waals surface area contributed by atoms with Crippen LogP contribution in [0.1, 0.15) is 11.1 Å². The molecule has 0 spiro atoms. The standard InChI is InChI=1S/C14H17N3O/c1-10-3-5-13-8-11(4-6-12(13)7-10)9-17(2)14(18)16-15/h3-8H,9,15H2,1-2H3,(H,16,18). The molecule has 2 aromatic carbocycles. The first kappa shape index (κ1) is 12.4. The zero-order valence-corrected chi connectivity index (χ0v) is 10.6. The summed E-state index contributed by atoms with van der Waals surface area (Å²) in [6.45, 7) is 2.61. The lowest BCUT2D eigenvalue weighted by molar-refractivity contribution is 0.207. The zero-order chi connectivity index (χ0) is 13.1. The number of carbonyl (C=O) groups excluding carboxylic acids is 1. The molecule has 0 bridgehead atoms. The summed E-state index contributed by atoms with van der Waals surface area (Å²) in [5, 5.41) is 2.39. The first-order valence-corrected chi connectivity index (χ1v) is 5.81. The second-order valence-corrected chi connectivity index (χ2v) is 4.49. The van der Waals surface area contributed by atoms with Gasteiger partial charge in [0.1, 0.15) is 0 Å². The van der Waals surface area contributed by atoms with Crippen molar-refractivity contribution in [1.29, 1.82) is 0 Å². The van der Waals surface area contributed by atoms with Crippen LogP contribution in [0.5, 0.6) is 0 Å². The first-order valence-electron chi connectivity index (χ1n) is 5.81. The Bertz CT molecular complexity index is 580. The van der Waals surface area contributed by atoms with E-state index in [0.29, 0.717) is 6.54 Å². The number of hydrogen-bond donors (Lipinski definition) is 2. The van der Waals surface area contributed by atoms with Gasteiger partial charge in [0.05, 0.1) is 0 Å². The summed E-state index contributed by atoms with van der Waals surface area (Å²) in [5.74, 6) is 5.09. The van der Waals surface area contributed by atoms with Crippen molar-refractivity contribution in [2.45, 2.75) is 13.5 Å². The number of nitrogens with two attached hydrogens (primary N) is 1. The molecule has 3 N–H and O–H groups in total. The van der Waals surface area contributed by atoms with Gasteiger partial charge in [-0.1, -0.05) is 35.9 Å². The molecule has 0 aliphatic carbocycles. The van der Waals surface area contributed by atoms with Gasteiger partial charge in [0.15, 0.2) is 0 Å². The fourth-order valence-corrected chi connectivity index (χ4v) is 1.97. The van der Waals surface area contributed by atoms with Gasteiger partial charge in [0.2, 0.25) is 0 Å². The van der Waals surface area contributed by atoms with Gasteiger partial charge in [-0.15, -0.1) is 0 Å². The highest BCUT2D eigenvalue weighted by Crippen LogP contribution is 2.18. The van der Waals surface area contributed by atoms with Gasteiger partial charge in [-0.05, 0) is 29.3 Å². The maximum absolute atomic E-state index is 11.3. The van der Waals surface area contributed by atoms with Crippen molar-refractivity contribution in [1.82, 2.24) is 10.3 Å². The molecule has 0 atom stereocenters. The Morgan fingerprint density at radius 1 is 1.22 bits per heavy atom. The van der Waals surface area contributed by atoms with E-state index in [1.165, 1.54) is 21.2 Å². The third-order valence-corrected chi connectivity index (χ3v) is 2.95. The van der Waals surface area contributed by atoms with Gasteiger partial charge in [0, 0.05) is 13.6 Å². The number of nitrogens with one attached hydrogen (secondary N) is 1. The summed E-state index contributed by atoms with van der Waals surface area (Å²) < 4.78 is 0. The molecule has 0 aliphatic heterocycles. The molecule has 0 unspecified atom stereocenters. The highest BCUT2D eigenvalue weighted by Gasteiger charge is 2.07. The fraction of sp³-hybridized carbons (Fsp3) is 0.214. The zero-order valence-electron chi connectivity index (χ0n) is 10.6. The number of fused-ring (bicyclic) bond motifs is 1. The molecule has 0 saturated heterocycles. The van der Waals surface area contributed by atoms with Crippen molar-refractivity contribution in [3.05, 3.63) is 47.5 Å². The van der Waals surface area contributed by atoms with E-state index in [9.17, 15) is 4.79 Å². The quantitative estimate of drug-likeness (QED) is 0.482. The molecule has 0 radical (unpaired) electrons. The lowest BCUT2D eigenvalue weighted by Crippen LogP contribution is -2.40. The molecule has 4 nitrogen and oxygen atoms in total. The summed E-state index contributed by atoms with van der Waals surface area (Å²) in [7, 11) is 1.71. The highest BCUT2D eigenvalue weighted by molar-refractivity contribution is 5.84. The molecule has 2 aromatic rings. The highest BCUT2D eigenvalue weighted by atomic mass is 16.2. The second-order valence-electron chi connectivity index (χ2n) is 4.49. The van der Waals surface area contributed by atoms with Gasteiger partial charge in [-0.3, -0.25) is 5.43 Å². The van der Waals surface area contributed by atoms with Crippen LogP contribution < -0.4 is 11.3 Å². The van der Waals surface area contributed by atoms with E-state index in [4.69, 9.17) is 5.84 Å². The van der Waals surface area contributed by atoms with Crippen LogP contribution >= 0.6 is 0 Å². The molecule has 0 aromatic heterocycles. The summed E-state index contributed by atoms with van der Waals surface area (Å²) in [4.78, 5) is 12.9. The monoisotopic (exact) mass is 243 g/mol. The van der Waals surface area contributed by atoms with Gasteiger partial charge < -0.3 is 4.90 Å². The van der Waals surface area contributed by atoms with Crippen LogP contribution in [-0.2, 0) is 6.54 Å². The normalized spacial score (nSPS) is 10.4. The van der Waals surface area contributed by atoms with E-state index in [-0.39, 0.29) is 6.03 Å². The van der Waals surface area contributed by atoms with Crippen LogP contribution in [0, 0.1) is 6.92 Å². The van der Waals surface area contributed by atoms with E-state index >= 15 is 0 Å². The van der Waals surface area contributed by atoms with E-state index < -0.39 is 0 Å². The average Bonchev–Trinajstić information content (AvgIpc) is 2.38. The first-order chi connectivity index (χ1) is 8.60. The molecule has 0 heterocycles. The lowest BCUT2D eigenvalue weighted by atomic mass is 10.0. The van der Waals surface area contributed by atoms with E-state index in [0.717, 1.165) is 5.56 Å². The number of aryl methyl sites for hydroxylation is 1. The Balaban J connectivity index is 2.25. The second kappa shape index (κ2) is 5.06. The van der Waals surface area contributed by atoms with Crippen molar-refractivity contribution in [3.8, 4) is 0 Å². The van der Waals surface area contributed by atoms with Crippen LogP contribution in [0.2, 0.25) is 0 Å². The Morgan fingerprint density at radius 3 is 2.61 bits per heavy atom. The van der Waals surface area contributed by atoms with Crippen molar-refractivity contribution >= 4 is 16.8 Å². The molecule has 2 amide bonds. The molecule has 0 saturated carbocycles. The average molecular weight is 243 g/mol. The molecule has 0 fully saturated rings. The number of hydrogen-bond acceptors (Lipinski definition) is 2. The van der Waals surface area contributed by atoms with Crippen molar-refractivity contribution in [2.75, 3.05) is 7.05 Å². The van der Waals surface area contributed by atoms with E-state index in [1.807, 2.05) is 6.07 Å². The molecule has 18 heavy (non-hydrogen) atoms. The van der Waals surface area contributed by atoms with Crippen LogP contribution in [0.3, 0.4) is 0 Å². The van der Waals surface area contributed by atoms with Crippen LogP contribution in [0.15, 0.2) is 36.4 Å². The predicted octanol–water partition coefficient (Wildman–Crippen LogP) is 2.16. The number of nitrogens with zero attached hydrogens (tertiary/aromatic N) is 1. The summed E-state index contributed by atoms with van der Waals surface area (Å²) in [6, 6.07) is 12.2. The van der Waals surface area contributed by atoms with Crippen molar-refractivity contribution in [2.24, 2.45) is 5.84 Å². The molecular weight excluding hydrogens is 226 g/mol. The molecular formula is C14H17N3O. The summed E-state index contributed by atoms with van der Waals surface area (Å²) >= 11 is 0. The molecule has 0 aliphatic rings. The van der Waals surface area contributed by atoms with Crippen LogP contribution in [0.4, 0.5) is 4.79 Å². The van der Waals surface area contributed by atoms with Gasteiger partial charge in [-0.25, -0.2) is 10.6 Å². The number of hydrazine groups is 1. The summed E-state index contributed by atoms with van der Waals surface area (Å²) in [5.41, 5.74) is 4.44. The third kappa shape index (κ3) is 2.60. The number of amides is 2. The number of carbonyl (C=O) groups is 1. The Hall–Kier alpha value is -2.07. The van der Waals surface area contributed by atoms with Crippen molar-refractivity contribution < 1.29 is 4.79 Å². The topological polar surface area (TPSA) is 58.4 Å². The van der Waals surface area contributed by atoms with Gasteiger partial charge in [0.25, 0.3) is 0 Å². The lowest BCUT2D eigenvalue weighted by Gasteiger charge is -2.16. The van der Waals surface area contributed by atoms with Gasteiger partial charge in [-0.2, -0.15) is 0 Å². The minimum absolute atomic E-state index is 0.293. The fourth-order valence-electron chi connectivity index (χ4n) is 1.97. The number of rotatable bonds is 2. The van der Waals surface area contributed by atoms with Crippen molar-refractivity contribution in [3.63, 3.8) is 0 Å². The summed E-state index contributed by atoms with van der Waals surface area (Å²) in [6.07, 6.45) is 0. The molecule has 4 heteroatoms. The number of urea groups is 1.